The van der Waals surface area contributed by atoms with Crippen LogP contribution in [0, 0.1) is 0 Å². The van der Waals surface area contributed by atoms with Crippen LogP contribution in [0.25, 0.3) is 0 Å². The van der Waals surface area contributed by atoms with Crippen LogP contribution in [0.3, 0.4) is 0 Å². The maximum atomic E-state index is 12.5. The van der Waals surface area contributed by atoms with Crippen LogP contribution >= 0.6 is 0 Å². The summed E-state index contributed by atoms with van der Waals surface area (Å²) in [6.45, 7) is 5.05. The topological polar surface area (TPSA) is 82.3 Å². The van der Waals surface area contributed by atoms with Gasteiger partial charge in [0.15, 0.2) is 5.82 Å². The third kappa shape index (κ3) is 4.57. The summed E-state index contributed by atoms with van der Waals surface area (Å²) in [6.07, 6.45) is 0.837. The zero-order valence-corrected chi connectivity index (χ0v) is 16.4. The Hall–Kier alpha value is -3.32. The van der Waals surface area contributed by atoms with E-state index >= 15 is 0 Å². The first-order valence-electron chi connectivity index (χ1n) is 9.85. The number of aromatic nitrogens is 2. The SMILES string of the molecule is CCOc1ccccc1NC(=O)Nc1n[nH]c2c1CCN(Cc1ccccc1)C2. The van der Waals surface area contributed by atoms with E-state index in [0.717, 1.165) is 37.3 Å². The number of fused-ring (bicyclic) bond motifs is 1. The van der Waals surface area contributed by atoms with Crippen LogP contribution in [-0.2, 0) is 19.5 Å². The van der Waals surface area contributed by atoms with Gasteiger partial charge in [0.25, 0.3) is 0 Å². The summed E-state index contributed by atoms with van der Waals surface area (Å²) >= 11 is 0. The van der Waals surface area contributed by atoms with Crippen LogP contribution in [0.15, 0.2) is 54.6 Å². The molecule has 2 aromatic carbocycles. The Morgan fingerprint density at radius 1 is 1.14 bits per heavy atom. The fourth-order valence-corrected chi connectivity index (χ4v) is 3.57. The van der Waals surface area contributed by atoms with Gasteiger partial charge in [-0.3, -0.25) is 15.3 Å². The van der Waals surface area contributed by atoms with Crippen molar-refractivity contribution in [2.24, 2.45) is 0 Å². The van der Waals surface area contributed by atoms with Crippen molar-refractivity contribution in [1.82, 2.24) is 15.1 Å². The van der Waals surface area contributed by atoms with Gasteiger partial charge in [0.2, 0.25) is 0 Å². The molecular weight excluding hydrogens is 366 g/mol. The largest absolute Gasteiger partial charge is 0.492 e. The Morgan fingerprint density at radius 2 is 1.93 bits per heavy atom. The van der Waals surface area contributed by atoms with E-state index in [1.54, 1.807) is 0 Å². The quantitative estimate of drug-likeness (QED) is 0.593. The van der Waals surface area contributed by atoms with Crippen molar-refractivity contribution < 1.29 is 9.53 Å². The van der Waals surface area contributed by atoms with E-state index in [4.69, 9.17) is 4.74 Å². The van der Waals surface area contributed by atoms with Crippen molar-refractivity contribution in [3.05, 3.63) is 71.4 Å². The van der Waals surface area contributed by atoms with Gasteiger partial charge in [-0.1, -0.05) is 42.5 Å². The van der Waals surface area contributed by atoms with Gasteiger partial charge in [-0.25, -0.2) is 4.79 Å². The number of nitrogens with zero attached hydrogens (tertiary/aromatic N) is 2. The molecule has 0 bridgehead atoms. The van der Waals surface area contributed by atoms with E-state index in [-0.39, 0.29) is 6.03 Å². The Balaban J connectivity index is 1.39. The van der Waals surface area contributed by atoms with Gasteiger partial charge >= 0.3 is 6.03 Å². The van der Waals surface area contributed by atoms with Gasteiger partial charge in [0.05, 0.1) is 18.0 Å². The van der Waals surface area contributed by atoms with E-state index < -0.39 is 0 Å². The monoisotopic (exact) mass is 391 g/mol. The summed E-state index contributed by atoms with van der Waals surface area (Å²) in [5.41, 5.74) is 4.05. The second-order valence-electron chi connectivity index (χ2n) is 6.98. The number of aromatic amines is 1. The van der Waals surface area contributed by atoms with Crippen LogP contribution in [0.4, 0.5) is 16.3 Å². The summed E-state index contributed by atoms with van der Waals surface area (Å²) in [4.78, 5) is 14.9. The minimum atomic E-state index is -0.335. The maximum absolute atomic E-state index is 12.5. The van der Waals surface area contributed by atoms with Crippen LogP contribution in [0.5, 0.6) is 5.75 Å². The number of para-hydroxylation sites is 2. The number of carbonyl (C=O) groups is 1. The Bertz CT molecular complexity index is 970. The molecule has 1 aromatic heterocycles. The first-order chi connectivity index (χ1) is 14.2. The number of anilines is 2. The predicted molar refractivity (Wildman–Crippen MR) is 113 cm³/mol. The van der Waals surface area contributed by atoms with Crippen molar-refractivity contribution in [2.75, 3.05) is 23.8 Å². The average Bonchev–Trinajstić information content (AvgIpc) is 3.12. The zero-order valence-electron chi connectivity index (χ0n) is 16.4. The number of ether oxygens (including phenoxy) is 1. The van der Waals surface area contributed by atoms with Gasteiger partial charge in [-0.2, -0.15) is 5.10 Å². The lowest BCUT2D eigenvalue weighted by molar-refractivity contribution is 0.242. The number of nitrogens with one attached hydrogen (secondary N) is 3. The maximum Gasteiger partial charge on any atom is 0.325 e. The number of rotatable bonds is 6. The lowest BCUT2D eigenvalue weighted by Crippen LogP contribution is -2.30. The summed E-state index contributed by atoms with van der Waals surface area (Å²) in [5.74, 6) is 1.23. The van der Waals surface area contributed by atoms with Gasteiger partial charge in [0, 0.05) is 25.2 Å². The number of amides is 2. The molecule has 0 saturated heterocycles. The Labute approximate surface area is 170 Å². The van der Waals surface area contributed by atoms with Crippen LogP contribution in [0.2, 0.25) is 0 Å². The predicted octanol–water partition coefficient (Wildman–Crippen LogP) is 4.01. The number of benzene rings is 2. The number of carbonyl (C=O) groups excluding carboxylic acids is 1. The lowest BCUT2D eigenvalue weighted by atomic mass is 10.1. The van der Waals surface area contributed by atoms with Crippen LogP contribution in [-0.4, -0.2) is 34.3 Å². The number of urea groups is 1. The Kier molecular flexibility index (Phi) is 5.76. The fourth-order valence-electron chi connectivity index (χ4n) is 3.57. The molecule has 3 N–H and O–H groups in total. The van der Waals surface area contributed by atoms with E-state index in [1.165, 1.54) is 5.56 Å². The minimum Gasteiger partial charge on any atom is -0.492 e. The molecular formula is C22H25N5O2. The molecule has 3 aromatic rings. The van der Waals surface area contributed by atoms with E-state index in [0.29, 0.717) is 23.9 Å². The normalized spacial score (nSPS) is 13.6. The molecule has 0 unspecified atom stereocenters. The summed E-state index contributed by atoms with van der Waals surface area (Å²) in [6, 6.07) is 17.5. The molecule has 0 spiro atoms. The molecule has 150 valence electrons. The Morgan fingerprint density at radius 3 is 2.76 bits per heavy atom. The van der Waals surface area contributed by atoms with E-state index in [2.05, 4.69) is 50.0 Å². The van der Waals surface area contributed by atoms with Crippen molar-refractivity contribution in [3.8, 4) is 5.75 Å². The molecule has 7 heteroatoms. The molecule has 0 atom stereocenters. The molecule has 0 fully saturated rings. The van der Waals surface area contributed by atoms with Crippen molar-refractivity contribution >= 4 is 17.5 Å². The van der Waals surface area contributed by atoms with Crippen LogP contribution < -0.4 is 15.4 Å². The van der Waals surface area contributed by atoms with Crippen molar-refractivity contribution in [3.63, 3.8) is 0 Å². The molecule has 29 heavy (non-hydrogen) atoms. The van der Waals surface area contributed by atoms with Crippen molar-refractivity contribution in [1.29, 1.82) is 0 Å². The molecule has 1 aliphatic heterocycles. The van der Waals surface area contributed by atoms with Gasteiger partial charge in [0.1, 0.15) is 5.75 Å². The van der Waals surface area contributed by atoms with Gasteiger partial charge in [-0.05, 0) is 31.0 Å². The molecule has 1 aliphatic rings. The molecule has 2 amide bonds. The third-order valence-electron chi connectivity index (χ3n) is 4.93. The second kappa shape index (κ2) is 8.79. The molecule has 0 aliphatic carbocycles. The highest BCUT2D eigenvalue weighted by Gasteiger charge is 2.23. The highest BCUT2D eigenvalue weighted by molar-refractivity contribution is 6.00. The number of hydrogen-bond donors (Lipinski definition) is 3. The van der Waals surface area contributed by atoms with E-state index in [9.17, 15) is 4.79 Å². The molecule has 4 rings (SSSR count). The van der Waals surface area contributed by atoms with E-state index in [1.807, 2.05) is 37.3 Å². The lowest BCUT2D eigenvalue weighted by Gasteiger charge is -2.26. The molecule has 0 radical (unpaired) electrons. The fraction of sp³-hybridized carbons (Fsp3) is 0.273. The average molecular weight is 391 g/mol. The van der Waals surface area contributed by atoms with Gasteiger partial charge < -0.3 is 10.1 Å². The van der Waals surface area contributed by atoms with Crippen LogP contribution in [0.1, 0.15) is 23.7 Å². The summed E-state index contributed by atoms with van der Waals surface area (Å²) < 4.78 is 5.55. The molecule has 7 nitrogen and oxygen atoms in total. The van der Waals surface area contributed by atoms with Gasteiger partial charge in [-0.15, -0.1) is 0 Å². The first-order valence-corrected chi connectivity index (χ1v) is 9.85. The first kappa shape index (κ1) is 19.0. The summed E-state index contributed by atoms with van der Waals surface area (Å²) in [7, 11) is 0. The highest BCUT2D eigenvalue weighted by atomic mass is 16.5. The number of H-pyrrole nitrogens is 1. The third-order valence-corrected chi connectivity index (χ3v) is 4.93. The summed E-state index contributed by atoms with van der Waals surface area (Å²) in [5, 5.41) is 13.1. The zero-order chi connectivity index (χ0) is 20.1. The molecule has 2 heterocycles. The minimum absolute atomic E-state index is 0.335. The smallest absolute Gasteiger partial charge is 0.325 e. The standard InChI is InChI=1S/C22H25N5O2/c1-2-29-20-11-7-6-10-18(20)23-22(28)24-21-17-12-13-27(15-19(17)25-26-21)14-16-8-4-3-5-9-16/h3-11H,2,12-15H2,1H3,(H3,23,24,25,26,28). The second-order valence-corrected chi connectivity index (χ2v) is 6.98. The highest BCUT2D eigenvalue weighted by Crippen LogP contribution is 2.26. The number of hydrogen-bond acceptors (Lipinski definition) is 4. The molecule has 0 saturated carbocycles. The van der Waals surface area contributed by atoms with Crippen molar-refractivity contribution in [2.45, 2.75) is 26.4 Å².